The molecule has 27 heavy (non-hydrogen) atoms. The Morgan fingerprint density at radius 2 is 2.07 bits per heavy atom. The average molecular weight is 388 g/mol. The van der Waals surface area contributed by atoms with Gasteiger partial charge in [0.2, 0.25) is 5.91 Å². The highest BCUT2D eigenvalue weighted by Crippen LogP contribution is 2.40. The van der Waals surface area contributed by atoms with Crippen LogP contribution < -0.4 is 5.32 Å². The first kappa shape index (κ1) is 18.2. The van der Waals surface area contributed by atoms with Gasteiger partial charge in [0.05, 0.1) is 5.56 Å². The van der Waals surface area contributed by atoms with E-state index in [1.807, 2.05) is 0 Å². The number of hydrogen-bond donors (Lipinski definition) is 1. The molecule has 0 bridgehead atoms. The number of aryl methyl sites for hydroxylation is 2. The third-order valence-electron chi connectivity index (χ3n) is 5.37. The van der Waals surface area contributed by atoms with Gasteiger partial charge in [0.15, 0.2) is 0 Å². The van der Waals surface area contributed by atoms with Gasteiger partial charge in [-0.2, -0.15) is 0 Å². The molecule has 2 aromatic heterocycles. The first-order chi connectivity index (χ1) is 13.1. The van der Waals surface area contributed by atoms with E-state index in [-0.39, 0.29) is 18.4 Å². The molecule has 0 radical (unpaired) electrons. The number of aromatic nitrogens is 1. The molecule has 0 saturated heterocycles. The standard InChI is InChI=1S/C20H24N2O4S/c1-12-10-14(22-26-12)11-25-20(24)17-15-8-5-9-16(15)27-19(17)21-18(23)13-6-3-2-4-7-13/h10,13H,2-9,11H2,1H3,(H,21,23). The van der Waals surface area contributed by atoms with Crippen LogP contribution in [0.5, 0.6) is 0 Å². The van der Waals surface area contributed by atoms with Crippen LogP contribution in [0.2, 0.25) is 0 Å². The minimum Gasteiger partial charge on any atom is -0.455 e. The van der Waals surface area contributed by atoms with E-state index in [4.69, 9.17) is 9.26 Å². The predicted octanol–water partition coefficient (Wildman–Crippen LogP) is 4.41. The molecule has 1 saturated carbocycles. The Morgan fingerprint density at radius 3 is 2.81 bits per heavy atom. The van der Waals surface area contributed by atoms with Crippen LogP contribution >= 0.6 is 11.3 Å². The van der Waals surface area contributed by atoms with E-state index < -0.39 is 5.97 Å². The smallest absolute Gasteiger partial charge is 0.341 e. The molecular weight excluding hydrogens is 364 g/mol. The largest absolute Gasteiger partial charge is 0.455 e. The second-order valence-corrected chi connectivity index (χ2v) is 8.50. The van der Waals surface area contributed by atoms with Gasteiger partial charge in [-0.15, -0.1) is 11.3 Å². The van der Waals surface area contributed by atoms with Crippen LogP contribution in [-0.4, -0.2) is 17.0 Å². The number of nitrogens with zero attached hydrogens (tertiary/aromatic N) is 1. The number of amides is 1. The van der Waals surface area contributed by atoms with Crippen molar-refractivity contribution in [3.8, 4) is 0 Å². The number of esters is 1. The minimum absolute atomic E-state index is 0.0378. The predicted molar refractivity (Wildman–Crippen MR) is 102 cm³/mol. The number of hydrogen-bond acceptors (Lipinski definition) is 6. The summed E-state index contributed by atoms with van der Waals surface area (Å²) in [5.74, 6) is 0.375. The zero-order chi connectivity index (χ0) is 18.8. The third-order valence-corrected chi connectivity index (χ3v) is 6.57. The van der Waals surface area contributed by atoms with Gasteiger partial charge in [0, 0.05) is 16.9 Å². The third kappa shape index (κ3) is 3.93. The fourth-order valence-corrected chi connectivity index (χ4v) is 5.26. The highest BCUT2D eigenvalue weighted by atomic mass is 32.1. The summed E-state index contributed by atoms with van der Waals surface area (Å²) in [4.78, 5) is 26.7. The van der Waals surface area contributed by atoms with Crippen LogP contribution in [0.4, 0.5) is 5.00 Å². The quantitative estimate of drug-likeness (QED) is 0.767. The number of carbonyl (C=O) groups excluding carboxylic acids is 2. The maximum absolute atomic E-state index is 12.8. The molecule has 0 aliphatic heterocycles. The van der Waals surface area contributed by atoms with E-state index in [2.05, 4.69) is 10.5 Å². The topological polar surface area (TPSA) is 81.4 Å². The van der Waals surface area contributed by atoms with E-state index in [1.54, 1.807) is 13.0 Å². The van der Waals surface area contributed by atoms with Crippen molar-refractivity contribution in [1.29, 1.82) is 0 Å². The second-order valence-electron chi connectivity index (χ2n) is 7.39. The molecule has 0 atom stereocenters. The van der Waals surface area contributed by atoms with Crippen molar-refractivity contribution in [3.05, 3.63) is 33.5 Å². The average Bonchev–Trinajstić information content (AvgIpc) is 3.36. The van der Waals surface area contributed by atoms with Gasteiger partial charge in [0.1, 0.15) is 23.1 Å². The van der Waals surface area contributed by atoms with Crippen molar-refractivity contribution < 1.29 is 18.8 Å². The van der Waals surface area contributed by atoms with E-state index in [9.17, 15) is 9.59 Å². The van der Waals surface area contributed by atoms with E-state index in [1.165, 1.54) is 22.6 Å². The van der Waals surface area contributed by atoms with E-state index in [0.29, 0.717) is 22.0 Å². The number of ether oxygens (including phenoxy) is 1. The van der Waals surface area contributed by atoms with Crippen molar-refractivity contribution in [1.82, 2.24) is 5.16 Å². The van der Waals surface area contributed by atoms with Gasteiger partial charge in [-0.1, -0.05) is 24.4 Å². The van der Waals surface area contributed by atoms with Gasteiger partial charge < -0.3 is 14.6 Å². The minimum atomic E-state index is -0.394. The summed E-state index contributed by atoms with van der Waals surface area (Å²) in [5, 5.41) is 7.54. The molecule has 1 N–H and O–H groups in total. The van der Waals surface area contributed by atoms with Crippen LogP contribution in [0, 0.1) is 12.8 Å². The Balaban J connectivity index is 1.50. The molecular formula is C20H24N2O4S. The summed E-state index contributed by atoms with van der Waals surface area (Å²) in [6, 6.07) is 1.75. The first-order valence-electron chi connectivity index (χ1n) is 9.66. The molecule has 6 nitrogen and oxygen atoms in total. The SMILES string of the molecule is Cc1cc(COC(=O)c2c(NC(=O)C3CCCCC3)sc3c2CCC3)no1. The number of anilines is 1. The van der Waals surface area contributed by atoms with Crippen LogP contribution in [0.3, 0.4) is 0 Å². The van der Waals surface area contributed by atoms with Crippen molar-refractivity contribution in [2.75, 3.05) is 5.32 Å². The summed E-state index contributed by atoms with van der Waals surface area (Å²) in [7, 11) is 0. The Kier molecular flexibility index (Phi) is 5.29. The number of carbonyl (C=O) groups is 2. The van der Waals surface area contributed by atoms with Crippen molar-refractivity contribution in [2.24, 2.45) is 5.92 Å². The summed E-state index contributed by atoms with van der Waals surface area (Å²) in [6.07, 6.45) is 8.14. The van der Waals surface area contributed by atoms with Gasteiger partial charge in [-0.25, -0.2) is 4.79 Å². The molecule has 1 amide bonds. The molecule has 0 spiro atoms. The first-order valence-corrected chi connectivity index (χ1v) is 10.5. The van der Waals surface area contributed by atoms with Gasteiger partial charge in [-0.05, 0) is 44.6 Å². The highest BCUT2D eigenvalue weighted by Gasteiger charge is 2.30. The zero-order valence-corrected chi connectivity index (χ0v) is 16.3. The van der Waals surface area contributed by atoms with Crippen molar-refractivity contribution >= 4 is 28.2 Å². The summed E-state index contributed by atoms with van der Waals surface area (Å²) < 4.78 is 10.5. The van der Waals surface area contributed by atoms with Crippen molar-refractivity contribution in [3.63, 3.8) is 0 Å². The normalized spacial score (nSPS) is 16.9. The summed E-state index contributed by atoms with van der Waals surface area (Å²) in [5.41, 5.74) is 2.16. The Morgan fingerprint density at radius 1 is 1.26 bits per heavy atom. The molecule has 0 aromatic carbocycles. The molecule has 7 heteroatoms. The number of nitrogens with one attached hydrogen (secondary N) is 1. The molecule has 2 aromatic rings. The van der Waals surface area contributed by atoms with Crippen LogP contribution in [0.25, 0.3) is 0 Å². The maximum atomic E-state index is 12.8. The van der Waals surface area contributed by atoms with E-state index >= 15 is 0 Å². The number of thiophene rings is 1. The lowest BCUT2D eigenvalue weighted by Gasteiger charge is -2.20. The lowest BCUT2D eigenvalue weighted by molar-refractivity contribution is -0.120. The number of fused-ring (bicyclic) bond motifs is 1. The van der Waals surface area contributed by atoms with Gasteiger partial charge >= 0.3 is 5.97 Å². The molecule has 4 rings (SSSR count). The fourth-order valence-electron chi connectivity index (χ4n) is 3.98. The molecule has 2 aliphatic rings. The lowest BCUT2D eigenvalue weighted by Crippen LogP contribution is -2.25. The summed E-state index contributed by atoms with van der Waals surface area (Å²) in [6.45, 7) is 1.86. The van der Waals surface area contributed by atoms with Gasteiger partial charge in [-0.3, -0.25) is 4.79 Å². The number of rotatable bonds is 5. The Hall–Kier alpha value is -2.15. The maximum Gasteiger partial charge on any atom is 0.341 e. The molecule has 2 aliphatic carbocycles. The van der Waals surface area contributed by atoms with Crippen LogP contribution in [-0.2, 0) is 29.0 Å². The summed E-state index contributed by atoms with van der Waals surface area (Å²) >= 11 is 1.53. The molecule has 0 unspecified atom stereocenters. The Labute approximate surface area is 162 Å². The van der Waals surface area contributed by atoms with E-state index in [0.717, 1.165) is 50.5 Å². The lowest BCUT2D eigenvalue weighted by atomic mass is 9.89. The van der Waals surface area contributed by atoms with Crippen LogP contribution in [0.15, 0.2) is 10.6 Å². The van der Waals surface area contributed by atoms with Crippen molar-refractivity contribution in [2.45, 2.75) is 64.9 Å². The molecule has 144 valence electrons. The van der Waals surface area contributed by atoms with Crippen LogP contribution in [0.1, 0.15) is 70.8 Å². The highest BCUT2D eigenvalue weighted by molar-refractivity contribution is 7.17. The molecule has 2 heterocycles. The second kappa shape index (κ2) is 7.84. The monoisotopic (exact) mass is 388 g/mol. The van der Waals surface area contributed by atoms with Gasteiger partial charge in [0.25, 0.3) is 0 Å². The zero-order valence-electron chi connectivity index (χ0n) is 15.5. The molecule has 1 fully saturated rings. The Bertz CT molecular complexity index is 848. The fraction of sp³-hybridized carbons (Fsp3) is 0.550.